The Kier molecular flexibility index (Phi) is 5.68. The third kappa shape index (κ3) is 4.82. The van der Waals surface area contributed by atoms with Crippen LogP contribution in [-0.4, -0.2) is 35.1 Å². The molecule has 0 aliphatic rings. The van der Waals surface area contributed by atoms with Crippen molar-refractivity contribution in [3.05, 3.63) is 42.0 Å². The third-order valence-corrected chi connectivity index (χ3v) is 3.25. The van der Waals surface area contributed by atoms with Gasteiger partial charge in [-0.2, -0.15) is 0 Å². The monoisotopic (exact) mass is 291 g/mol. The highest BCUT2D eigenvalue weighted by atomic mass is 19.1. The predicted molar refractivity (Wildman–Crippen MR) is 81.7 cm³/mol. The normalized spacial score (nSPS) is 10.8. The summed E-state index contributed by atoms with van der Waals surface area (Å²) in [5, 5.41) is 11.5. The summed E-state index contributed by atoms with van der Waals surface area (Å²) < 4.78 is 14.7. The molecule has 0 aliphatic carbocycles. The van der Waals surface area contributed by atoms with Gasteiger partial charge in [-0.05, 0) is 37.2 Å². The van der Waals surface area contributed by atoms with E-state index in [9.17, 15) is 4.39 Å². The van der Waals surface area contributed by atoms with Gasteiger partial charge in [-0.25, -0.2) is 4.39 Å². The molecule has 0 fully saturated rings. The summed E-state index contributed by atoms with van der Waals surface area (Å²) in [6.07, 6.45) is 3.07. The maximum atomic E-state index is 12.9. The highest BCUT2D eigenvalue weighted by Gasteiger charge is 2.04. The van der Waals surface area contributed by atoms with Crippen LogP contribution < -0.4 is 10.2 Å². The third-order valence-electron chi connectivity index (χ3n) is 3.25. The molecule has 0 spiro atoms. The molecule has 1 aromatic heterocycles. The molecule has 1 aromatic carbocycles. The minimum Gasteiger partial charge on any atom is -0.373 e. The summed E-state index contributed by atoms with van der Waals surface area (Å²) in [4.78, 5) is 2.07. The number of nitrogens with zero attached hydrogens (tertiary/aromatic N) is 4. The zero-order valence-electron chi connectivity index (χ0n) is 12.6. The Labute approximate surface area is 124 Å². The molecule has 0 amide bonds. The van der Waals surface area contributed by atoms with E-state index in [1.165, 1.54) is 12.1 Å². The van der Waals surface area contributed by atoms with E-state index in [0.29, 0.717) is 0 Å². The first kappa shape index (κ1) is 15.4. The molecule has 5 nitrogen and oxygen atoms in total. The maximum absolute atomic E-state index is 12.9. The van der Waals surface area contributed by atoms with Crippen LogP contribution in [0.1, 0.15) is 19.0 Å². The molecular weight excluding hydrogens is 269 g/mol. The van der Waals surface area contributed by atoms with E-state index in [1.807, 2.05) is 17.9 Å². The minimum absolute atomic E-state index is 0.215. The quantitative estimate of drug-likeness (QED) is 0.756. The zero-order valence-corrected chi connectivity index (χ0v) is 12.6. The molecule has 1 heterocycles. The van der Waals surface area contributed by atoms with Gasteiger partial charge in [0.15, 0.2) is 0 Å². The van der Waals surface area contributed by atoms with Gasteiger partial charge in [0.05, 0.1) is 12.2 Å². The van der Waals surface area contributed by atoms with E-state index >= 15 is 0 Å². The van der Waals surface area contributed by atoms with Gasteiger partial charge in [0.1, 0.15) is 5.82 Å². The van der Waals surface area contributed by atoms with Crippen LogP contribution in [0.2, 0.25) is 0 Å². The van der Waals surface area contributed by atoms with Crippen molar-refractivity contribution >= 4 is 5.69 Å². The first-order chi connectivity index (χ1) is 10.2. The molecule has 0 saturated heterocycles. The molecule has 0 saturated carbocycles. The largest absolute Gasteiger partial charge is 0.373 e. The number of aromatic nitrogens is 3. The smallest absolute Gasteiger partial charge is 0.123 e. The minimum atomic E-state index is -0.215. The topological polar surface area (TPSA) is 46.0 Å². The van der Waals surface area contributed by atoms with Crippen molar-refractivity contribution in [2.24, 2.45) is 0 Å². The molecule has 6 heteroatoms. The van der Waals surface area contributed by atoms with Gasteiger partial charge in [0.2, 0.25) is 0 Å². The van der Waals surface area contributed by atoms with E-state index in [1.54, 1.807) is 12.1 Å². The SMILES string of the molecule is CCCNCc1cn(CCN(C)c2ccc(F)cc2)nn1. The molecule has 0 atom stereocenters. The Morgan fingerprint density at radius 2 is 2.05 bits per heavy atom. The summed E-state index contributed by atoms with van der Waals surface area (Å²) in [5.41, 5.74) is 1.94. The first-order valence-electron chi connectivity index (χ1n) is 7.25. The highest BCUT2D eigenvalue weighted by molar-refractivity contribution is 5.45. The van der Waals surface area contributed by atoms with Crippen LogP contribution in [0.4, 0.5) is 10.1 Å². The lowest BCUT2D eigenvalue weighted by Crippen LogP contribution is -2.22. The average Bonchev–Trinajstić information content (AvgIpc) is 2.94. The Bertz CT molecular complexity index is 537. The summed E-state index contributed by atoms with van der Waals surface area (Å²) in [7, 11) is 1.98. The fourth-order valence-electron chi connectivity index (χ4n) is 2.00. The van der Waals surface area contributed by atoms with Gasteiger partial charge in [-0.15, -0.1) is 5.10 Å². The second-order valence-corrected chi connectivity index (χ2v) is 5.05. The number of likely N-dealkylation sites (N-methyl/N-ethyl adjacent to an activating group) is 1. The van der Waals surface area contributed by atoms with Crippen molar-refractivity contribution in [2.45, 2.75) is 26.4 Å². The van der Waals surface area contributed by atoms with Crippen LogP contribution in [0.15, 0.2) is 30.5 Å². The van der Waals surface area contributed by atoms with Crippen molar-refractivity contribution in [1.82, 2.24) is 20.3 Å². The molecule has 0 bridgehead atoms. The van der Waals surface area contributed by atoms with Crippen LogP contribution in [0.3, 0.4) is 0 Å². The molecule has 2 rings (SSSR count). The van der Waals surface area contributed by atoms with Gasteiger partial charge in [-0.3, -0.25) is 4.68 Å². The van der Waals surface area contributed by atoms with E-state index < -0.39 is 0 Å². The lowest BCUT2D eigenvalue weighted by Gasteiger charge is -2.18. The predicted octanol–water partition coefficient (Wildman–Crippen LogP) is 2.05. The number of anilines is 1. The van der Waals surface area contributed by atoms with Gasteiger partial charge < -0.3 is 10.2 Å². The van der Waals surface area contributed by atoms with Gasteiger partial charge in [0, 0.05) is 32.0 Å². The molecule has 21 heavy (non-hydrogen) atoms. The lowest BCUT2D eigenvalue weighted by atomic mass is 10.3. The molecule has 2 aromatic rings. The van der Waals surface area contributed by atoms with E-state index in [2.05, 4.69) is 27.5 Å². The number of rotatable bonds is 8. The number of hydrogen-bond donors (Lipinski definition) is 1. The number of hydrogen-bond acceptors (Lipinski definition) is 4. The van der Waals surface area contributed by atoms with Crippen LogP contribution in [0, 0.1) is 5.82 Å². The summed E-state index contributed by atoms with van der Waals surface area (Å²) in [6.45, 7) is 5.41. The Balaban J connectivity index is 1.81. The number of nitrogens with one attached hydrogen (secondary N) is 1. The molecule has 114 valence electrons. The van der Waals surface area contributed by atoms with Crippen LogP contribution in [0.5, 0.6) is 0 Å². The molecule has 0 aliphatic heterocycles. The Hall–Kier alpha value is -1.95. The van der Waals surface area contributed by atoms with E-state index in [-0.39, 0.29) is 5.82 Å². The van der Waals surface area contributed by atoms with Crippen molar-refractivity contribution in [2.75, 3.05) is 25.0 Å². The summed E-state index contributed by atoms with van der Waals surface area (Å²) >= 11 is 0. The van der Waals surface area contributed by atoms with Crippen LogP contribution in [-0.2, 0) is 13.1 Å². The fraction of sp³-hybridized carbons (Fsp3) is 0.467. The number of halogens is 1. The maximum Gasteiger partial charge on any atom is 0.123 e. The molecule has 1 N–H and O–H groups in total. The standard InChI is InChI=1S/C15H22FN5/c1-3-8-17-11-14-12-21(19-18-14)10-9-20(2)15-6-4-13(16)5-7-15/h4-7,12,17H,3,8-11H2,1-2H3. The van der Waals surface area contributed by atoms with Crippen molar-refractivity contribution in [3.63, 3.8) is 0 Å². The summed E-state index contributed by atoms with van der Waals surface area (Å²) in [6, 6.07) is 6.49. The second-order valence-electron chi connectivity index (χ2n) is 5.05. The van der Waals surface area contributed by atoms with E-state index in [4.69, 9.17) is 0 Å². The molecular formula is C15H22FN5. The number of benzene rings is 1. The Morgan fingerprint density at radius 3 is 2.76 bits per heavy atom. The fourth-order valence-corrected chi connectivity index (χ4v) is 2.00. The highest BCUT2D eigenvalue weighted by Crippen LogP contribution is 2.12. The summed E-state index contributed by atoms with van der Waals surface area (Å²) in [5.74, 6) is -0.215. The molecule has 0 radical (unpaired) electrons. The van der Waals surface area contributed by atoms with Crippen LogP contribution in [0.25, 0.3) is 0 Å². The zero-order chi connectivity index (χ0) is 15.1. The average molecular weight is 291 g/mol. The molecule has 0 unspecified atom stereocenters. The Morgan fingerprint density at radius 1 is 1.29 bits per heavy atom. The van der Waals surface area contributed by atoms with Crippen molar-refractivity contribution in [3.8, 4) is 0 Å². The van der Waals surface area contributed by atoms with Crippen molar-refractivity contribution < 1.29 is 4.39 Å². The van der Waals surface area contributed by atoms with Gasteiger partial charge >= 0.3 is 0 Å². The van der Waals surface area contributed by atoms with Gasteiger partial charge in [-0.1, -0.05) is 12.1 Å². The van der Waals surface area contributed by atoms with Crippen molar-refractivity contribution in [1.29, 1.82) is 0 Å². The van der Waals surface area contributed by atoms with Gasteiger partial charge in [0.25, 0.3) is 0 Å². The lowest BCUT2D eigenvalue weighted by molar-refractivity contribution is 0.586. The first-order valence-corrected chi connectivity index (χ1v) is 7.25. The second kappa shape index (κ2) is 7.73. The van der Waals surface area contributed by atoms with E-state index in [0.717, 1.165) is 44.0 Å². The van der Waals surface area contributed by atoms with Crippen LogP contribution >= 0.6 is 0 Å².